The lowest BCUT2D eigenvalue weighted by Gasteiger charge is -2.21. The summed E-state index contributed by atoms with van der Waals surface area (Å²) in [6, 6.07) is 7.79. The third-order valence-electron chi connectivity index (χ3n) is 5.49. The molecule has 0 spiro atoms. The first kappa shape index (κ1) is 14.4. The van der Waals surface area contributed by atoms with E-state index in [4.69, 9.17) is 0 Å². The molecule has 0 unspecified atom stereocenters. The number of benzene rings is 1. The molecule has 5 nitrogen and oxygen atoms in total. The van der Waals surface area contributed by atoms with Crippen molar-refractivity contribution in [3.63, 3.8) is 0 Å². The third-order valence-corrected chi connectivity index (χ3v) is 5.49. The standard InChI is InChI=1S/C18H22N4O/c1-22-11-19-21-18(22)15-4-2-3-5-16(15)20-17(23)10-14-9-12-6-7-13(14)8-12/h2-5,11-14H,6-10H2,1H3,(H,20,23)/t12-,13-,14-/m0/s1. The molecule has 1 heterocycles. The molecule has 120 valence electrons. The van der Waals surface area contributed by atoms with Crippen LogP contribution in [0.25, 0.3) is 11.4 Å². The van der Waals surface area contributed by atoms with Crippen LogP contribution in [0, 0.1) is 17.8 Å². The SMILES string of the molecule is Cn1cnnc1-c1ccccc1NC(=O)C[C@@H]1C[C@H]2CC[C@H]1C2. The van der Waals surface area contributed by atoms with Crippen molar-refractivity contribution in [3.8, 4) is 11.4 Å². The predicted octanol–water partition coefficient (Wildman–Crippen LogP) is 3.25. The molecule has 0 saturated heterocycles. The van der Waals surface area contributed by atoms with Crippen LogP contribution < -0.4 is 5.32 Å². The number of anilines is 1. The van der Waals surface area contributed by atoms with Gasteiger partial charge >= 0.3 is 0 Å². The highest BCUT2D eigenvalue weighted by atomic mass is 16.1. The lowest BCUT2D eigenvalue weighted by molar-refractivity contribution is -0.117. The third kappa shape index (κ3) is 2.76. The number of nitrogens with zero attached hydrogens (tertiary/aromatic N) is 3. The number of fused-ring (bicyclic) bond motifs is 2. The Bertz CT molecular complexity index is 723. The van der Waals surface area contributed by atoms with Gasteiger partial charge in [0.15, 0.2) is 5.82 Å². The summed E-state index contributed by atoms with van der Waals surface area (Å²) >= 11 is 0. The number of hydrogen-bond acceptors (Lipinski definition) is 3. The van der Waals surface area contributed by atoms with Crippen LogP contribution in [-0.2, 0) is 11.8 Å². The van der Waals surface area contributed by atoms with E-state index in [0.29, 0.717) is 12.3 Å². The van der Waals surface area contributed by atoms with Crippen molar-refractivity contribution in [2.45, 2.75) is 32.1 Å². The molecule has 2 fully saturated rings. The lowest BCUT2D eigenvalue weighted by Crippen LogP contribution is -2.20. The average molecular weight is 310 g/mol. The highest BCUT2D eigenvalue weighted by Crippen LogP contribution is 2.49. The summed E-state index contributed by atoms with van der Waals surface area (Å²) < 4.78 is 1.86. The number of nitrogens with one attached hydrogen (secondary N) is 1. The first-order chi connectivity index (χ1) is 11.2. The largest absolute Gasteiger partial charge is 0.325 e. The van der Waals surface area contributed by atoms with Gasteiger partial charge in [-0.3, -0.25) is 4.79 Å². The summed E-state index contributed by atoms with van der Waals surface area (Å²) in [5.74, 6) is 3.12. The summed E-state index contributed by atoms with van der Waals surface area (Å²) in [6.45, 7) is 0. The zero-order chi connectivity index (χ0) is 15.8. The average Bonchev–Trinajstić information content (AvgIpc) is 3.24. The van der Waals surface area contributed by atoms with Crippen LogP contribution in [0.3, 0.4) is 0 Å². The highest BCUT2D eigenvalue weighted by Gasteiger charge is 2.40. The van der Waals surface area contributed by atoms with Crippen molar-refractivity contribution in [2.24, 2.45) is 24.8 Å². The Balaban J connectivity index is 1.49. The minimum atomic E-state index is 0.122. The maximum Gasteiger partial charge on any atom is 0.224 e. The van der Waals surface area contributed by atoms with E-state index >= 15 is 0 Å². The fourth-order valence-electron chi connectivity index (χ4n) is 4.38. The van der Waals surface area contributed by atoms with E-state index in [-0.39, 0.29) is 5.91 Å². The molecule has 1 aromatic heterocycles. The molecule has 2 bridgehead atoms. The topological polar surface area (TPSA) is 59.8 Å². The van der Waals surface area contributed by atoms with Gasteiger partial charge in [0, 0.05) is 19.0 Å². The zero-order valence-corrected chi connectivity index (χ0v) is 13.4. The Hall–Kier alpha value is -2.17. The highest BCUT2D eigenvalue weighted by molar-refractivity contribution is 5.94. The monoisotopic (exact) mass is 310 g/mol. The van der Waals surface area contributed by atoms with E-state index in [1.807, 2.05) is 35.9 Å². The Labute approximate surface area is 136 Å². The smallest absolute Gasteiger partial charge is 0.224 e. The van der Waals surface area contributed by atoms with Gasteiger partial charge in [0.05, 0.1) is 5.69 Å². The van der Waals surface area contributed by atoms with Gasteiger partial charge in [0.25, 0.3) is 0 Å². The molecule has 0 aliphatic heterocycles. The van der Waals surface area contributed by atoms with Gasteiger partial charge < -0.3 is 9.88 Å². The van der Waals surface area contributed by atoms with Crippen LogP contribution in [0.15, 0.2) is 30.6 Å². The van der Waals surface area contributed by atoms with E-state index in [0.717, 1.165) is 28.9 Å². The van der Waals surface area contributed by atoms with Gasteiger partial charge in [0.1, 0.15) is 6.33 Å². The number of aromatic nitrogens is 3. The van der Waals surface area contributed by atoms with Gasteiger partial charge in [-0.05, 0) is 49.1 Å². The normalized spacial score (nSPS) is 25.7. The molecule has 0 radical (unpaired) electrons. The fraction of sp³-hybridized carbons (Fsp3) is 0.500. The Morgan fingerprint density at radius 2 is 2.17 bits per heavy atom. The Morgan fingerprint density at radius 3 is 2.87 bits per heavy atom. The molecule has 2 saturated carbocycles. The summed E-state index contributed by atoms with van der Waals surface area (Å²) in [7, 11) is 1.91. The molecular weight excluding hydrogens is 288 g/mol. The second-order valence-electron chi connectivity index (χ2n) is 7.00. The van der Waals surface area contributed by atoms with Crippen molar-refractivity contribution in [1.29, 1.82) is 0 Å². The quantitative estimate of drug-likeness (QED) is 0.943. The predicted molar refractivity (Wildman–Crippen MR) is 88.6 cm³/mol. The maximum absolute atomic E-state index is 12.5. The number of hydrogen-bond donors (Lipinski definition) is 1. The summed E-state index contributed by atoms with van der Waals surface area (Å²) in [5, 5.41) is 11.2. The van der Waals surface area contributed by atoms with Gasteiger partial charge in [-0.15, -0.1) is 10.2 Å². The summed E-state index contributed by atoms with van der Waals surface area (Å²) in [6.07, 6.45) is 7.59. The molecule has 4 rings (SSSR count). The van der Waals surface area contributed by atoms with Crippen LogP contribution >= 0.6 is 0 Å². The van der Waals surface area contributed by atoms with Gasteiger partial charge in [-0.1, -0.05) is 18.6 Å². The maximum atomic E-state index is 12.5. The van der Waals surface area contributed by atoms with E-state index in [1.54, 1.807) is 6.33 Å². The number of para-hydroxylation sites is 1. The van der Waals surface area contributed by atoms with Crippen LogP contribution in [0.5, 0.6) is 0 Å². The van der Waals surface area contributed by atoms with Crippen molar-refractivity contribution in [1.82, 2.24) is 14.8 Å². The van der Waals surface area contributed by atoms with E-state index in [9.17, 15) is 4.79 Å². The number of amides is 1. The fourth-order valence-corrected chi connectivity index (χ4v) is 4.38. The van der Waals surface area contributed by atoms with Crippen LogP contribution in [0.4, 0.5) is 5.69 Å². The molecule has 2 aliphatic rings. The minimum Gasteiger partial charge on any atom is -0.325 e. The number of carbonyl (C=O) groups excluding carboxylic acids is 1. The molecule has 23 heavy (non-hydrogen) atoms. The zero-order valence-electron chi connectivity index (χ0n) is 13.4. The molecular formula is C18H22N4O. The Morgan fingerprint density at radius 1 is 1.30 bits per heavy atom. The minimum absolute atomic E-state index is 0.122. The molecule has 2 aromatic rings. The number of carbonyl (C=O) groups is 1. The molecule has 1 aromatic carbocycles. The van der Waals surface area contributed by atoms with Crippen molar-refractivity contribution in [2.75, 3.05) is 5.32 Å². The summed E-state index contributed by atoms with van der Waals surface area (Å²) in [5.41, 5.74) is 1.73. The van der Waals surface area contributed by atoms with Crippen LogP contribution in [0.2, 0.25) is 0 Å². The van der Waals surface area contributed by atoms with Gasteiger partial charge in [0.2, 0.25) is 5.91 Å². The molecule has 5 heteroatoms. The van der Waals surface area contributed by atoms with Gasteiger partial charge in [-0.25, -0.2) is 0 Å². The first-order valence-electron chi connectivity index (χ1n) is 8.44. The number of aryl methyl sites for hydroxylation is 1. The van der Waals surface area contributed by atoms with E-state index in [1.165, 1.54) is 25.7 Å². The molecule has 3 atom stereocenters. The second kappa shape index (κ2) is 5.80. The molecule has 2 aliphatic carbocycles. The lowest BCUT2D eigenvalue weighted by atomic mass is 9.86. The van der Waals surface area contributed by atoms with E-state index < -0.39 is 0 Å². The molecule has 1 N–H and O–H groups in total. The van der Waals surface area contributed by atoms with Gasteiger partial charge in [-0.2, -0.15) is 0 Å². The van der Waals surface area contributed by atoms with Crippen molar-refractivity contribution >= 4 is 11.6 Å². The summed E-state index contributed by atoms with van der Waals surface area (Å²) in [4.78, 5) is 12.5. The van der Waals surface area contributed by atoms with Crippen LogP contribution in [-0.4, -0.2) is 20.7 Å². The molecule has 1 amide bonds. The Kier molecular flexibility index (Phi) is 3.63. The van der Waals surface area contributed by atoms with Crippen molar-refractivity contribution < 1.29 is 4.79 Å². The van der Waals surface area contributed by atoms with Crippen molar-refractivity contribution in [3.05, 3.63) is 30.6 Å². The number of rotatable bonds is 4. The van der Waals surface area contributed by atoms with Crippen LogP contribution in [0.1, 0.15) is 32.1 Å². The van der Waals surface area contributed by atoms with E-state index in [2.05, 4.69) is 15.5 Å². The second-order valence-corrected chi connectivity index (χ2v) is 7.00. The first-order valence-corrected chi connectivity index (χ1v) is 8.44.